The van der Waals surface area contributed by atoms with Gasteiger partial charge in [-0.25, -0.2) is 4.79 Å². The summed E-state index contributed by atoms with van der Waals surface area (Å²) in [5.41, 5.74) is 5.20. The van der Waals surface area contributed by atoms with Gasteiger partial charge in [-0.2, -0.15) is 0 Å². The highest BCUT2D eigenvalue weighted by Crippen LogP contribution is 2.20. The minimum Gasteiger partial charge on any atom is -0.383 e. The van der Waals surface area contributed by atoms with Gasteiger partial charge < -0.3 is 10.6 Å². The van der Waals surface area contributed by atoms with Crippen molar-refractivity contribution in [1.29, 1.82) is 0 Å². The summed E-state index contributed by atoms with van der Waals surface area (Å²) in [6.45, 7) is 7.05. The Hall–Kier alpha value is -2.05. The molecule has 0 atom stereocenters. The lowest BCUT2D eigenvalue weighted by atomic mass is 10.1. The van der Waals surface area contributed by atoms with Crippen LogP contribution >= 0.6 is 0 Å². The Balaban J connectivity index is 3.23. The van der Waals surface area contributed by atoms with Gasteiger partial charge in [0.1, 0.15) is 5.82 Å². The Bertz CT molecular complexity index is 678. The van der Waals surface area contributed by atoms with E-state index >= 15 is 0 Å². The molecule has 0 aliphatic heterocycles. The molecule has 0 saturated heterocycles. The number of H-pyrrole nitrogens is 1. The number of carbonyl (C=O) groups excluding carboxylic acids is 1. The van der Waals surface area contributed by atoms with Gasteiger partial charge in [-0.1, -0.05) is 52.9 Å². The van der Waals surface area contributed by atoms with E-state index in [9.17, 15) is 14.4 Å². The van der Waals surface area contributed by atoms with Gasteiger partial charge in [0.2, 0.25) is 5.91 Å². The molecule has 1 aromatic heterocycles. The maximum Gasteiger partial charge on any atom is 0.330 e. The Labute approximate surface area is 155 Å². The maximum absolute atomic E-state index is 12.8. The van der Waals surface area contributed by atoms with Gasteiger partial charge in [-0.15, -0.1) is 0 Å². The molecule has 7 heteroatoms. The molecule has 0 bridgehead atoms. The molecule has 0 aromatic carbocycles. The number of unbranched alkanes of at least 4 members (excludes halogenated alkanes) is 5. The van der Waals surface area contributed by atoms with Gasteiger partial charge >= 0.3 is 5.69 Å². The second kappa shape index (κ2) is 11.5. The van der Waals surface area contributed by atoms with E-state index in [1.54, 1.807) is 0 Å². The van der Waals surface area contributed by atoms with Crippen LogP contribution in [-0.2, 0) is 11.3 Å². The molecule has 26 heavy (non-hydrogen) atoms. The smallest absolute Gasteiger partial charge is 0.330 e. The fourth-order valence-corrected chi connectivity index (χ4v) is 2.92. The first kappa shape index (κ1) is 22.0. The van der Waals surface area contributed by atoms with Crippen LogP contribution in [0.5, 0.6) is 0 Å². The molecule has 0 saturated carbocycles. The number of nitrogens with zero attached hydrogens (tertiary/aromatic N) is 2. The lowest BCUT2D eigenvalue weighted by Crippen LogP contribution is -2.41. The van der Waals surface area contributed by atoms with Crippen LogP contribution in [-0.4, -0.2) is 22.0 Å². The van der Waals surface area contributed by atoms with Crippen molar-refractivity contribution in [3.63, 3.8) is 0 Å². The van der Waals surface area contributed by atoms with E-state index in [0.717, 1.165) is 51.4 Å². The molecule has 0 aliphatic rings. The number of nitrogen functional groups attached to an aromatic ring is 1. The molecule has 3 N–H and O–H groups in total. The van der Waals surface area contributed by atoms with E-state index in [1.807, 2.05) is 6.92 Å². The van der Waals surface area contributed by atoms with Crippen LogP contribution in [0.15, 0.2) is 9.59 Å². The molecule has 1 rings (SSSR count). The highest BCUT2D eigenvalue weighted by molar-refractivity contribution is 5.95. The number of nitrogens with one attached hydrogen (secondary N) is 1. The van der Waals surface area contributed by atoms with E-state index < -0.39 is 11.2 Å². The first-order valence-electron chi connectivity index (χ1n) is 9.90. The molecule has 0 aliphatic carbocycles. The molecule has 0 spiro atoms. The van der Waals surface area contributed by atoms with E-state index in [2.05, 4.69) is 18.8 Å². The lowest BCUT2D eigenvalue weighted by Gasteiger charge is -2.24. The van der Waals surface area contributed by atoms with Crippen molar-refractivity contribution in [3.05, 3.63) is 20.8 Å². The standard InChI is InChI=1S/C19H34N4O3/c1-4-7-10-12-15(24)22(14-11-8-5-2)16-17(20)23(13-9-6-3)19(26)21-18(16)25/h4-14,20H2,1-3H3,(H,21,25,26). The van der Waals surface area contributed by atoms with Crippen LogP contribution in [0.25, 0.3) is 0 Å². The molecule has 148 valence electrons. The minimum absolute atomic E-state index is 0.0903. The van der Waals surface area contributed by atoms with Crippen LogP contribution < -0.4 is 21.9 Å². The van der Waals surface area contributed by atoms with Gasteiger partial charge in [-0.3, -0.25) is 19.1 Å². The molecular formula is C19H34N4O3. The number of carbonyl (C=O) groups is 1. The number of aromatic amines is 1. The monoisotopic (exact) mass is 366 g/mol. The number of anilines is 2. The minimum atomic E-state index is -0.583. The van der Waals surface area contributed by atoms with Gasteiger partial charge in [-0.05, 0) is 19.3 Å². The first-order valence-corrected chi connectivity index (χ1v) is 9.90. The summed E-state index contributed by atoms with van der Waals surface area (Å²) in [7, 11) is 0. The largest absolute Gasteiger partial charge is 0.383 e. The predicted octanol–water partition coefficient (Wildman–Crippen LogP) is 3.02. The summed E-state index contributed by atoms with van der Waals surface area (Å²) in [5, 5.41) is 0. The second-order valence-electron chi connectivity index (χ2n) is 6.71. The summed E-state index contributed by atoms with van der Waals surface area (Å²) in [6.07, 6.45) is 7.60. The van der Waals surface area contributed by atoms with Crippen molar-refractivity contribution in [2.45, 2.75) is 85.1 Å². The number of nitrogens with two attached hydrogens (primary N) is 1. The van der Waals surface area contributed by atoms with Gasteiger partial charge in [0.25, 0.3) is 5.56 Å². The van der Waals surface area contributed by atoms with Gasteiger partial charge in [0.05, 0.1) is 0 Å². The van der Waals surface area contributed by atoms with Crippen molar-refractivity contribution in [2.24, 2.45) is 0 Å². The third kappa shape index (κ3) is 6.04. The molecule has 0 fully saturated rings. The van der Waals surface area contributed by atoms with Gasteiger partial charge in [0.15, 0.2) is 5.69 Å². The Morgan fingerprint density at radius 3 is 2.23 bits per heavy atom. The zero-order valence-electron chi connectivity index (χ0n) is 16.5. The molecule has 1 aromatic rings. The Kier molecular flexibility index (Phi) is 9.76. The van der Waals surface area contributed by atoms with Crippen LogP contribution in [0.1, 0.15) is 78.6 Å². The van der Waals surface area contributed by atoms with Crippen molar-refractivity contribution in [1.82, 2.24) is 9.55 Å². The highest BCUT2D eigenvalue weighted by Gasteiger charge is 2.23. The normalized spacial score (nSPS) is 10.9. The number of hydrogen-bond acceptors (Lipinski definition) is 4. The zero-order valence-corrected chi connectivity index (χ0v) is 16.5. The van der Waals surface area contributed by atoms with Crippen LogP contribution in [0, 0.1) is 0 Å². The second-order valence-corrected chi connectivity index (χ2v) is 6.71. The molecule has 1 heterocycles. The first-order chi connectivity index (χ1) is 12.5. The SMILES string of the molecule is CCCCCC(=O)N(CCCCC)c1c(N)n(CCCC)c(=O)[nH]c1=O. The fourth-order valence-electron chi connectivity index (χ4n) is 2.92. The number of aromatic nitrogens is 2. The summed E-state index contributed by atoms with van der Waals surface area (Å²) in [6, 6.07) is 0. The van der Waals surface area contributed by atoms with Crippen molar-refractivity contribution in [2.75, 3.05) is 17.2 Å². The van der Waals surface area contributed by atoms with E-state index in [1.165, 1.54) is 9.47 Å². The number of hydrogen-bond donors (Lipinski definition) is 2. The number of amides is 1. The van der Waals surface area contributed by atoms with Gasteiger partial charge in [0, 0.05) is 19.5 Å². The van der Waals surface area contributed by atoms with Crippen molar-refractivity contribution < 1.29 is 4.79 Å². The third-order valence-corrected chi connectivity index (χ3v) is 4.50. The maximum atomic E-state index is 12.8. The van der Waals surface area contributed by atoms with Crippen LogP contribution in [0.4, 0.5) is 11.5 Å². The third-order valence-electron chi connectivity index (χ3n) is 4.50. The molecule has 7 nitrogen and oxygen atoms in total. The zero-order chi connectivity index (χ0) is 19.5. The number of rotatable bonds is 12. The van der Waals surface area contributed by atoms with Crippen molar-refractivity contribution in [3.8, 4) is 0 Å². The summed E-state index contributed by atoms with van der Waals surface area (Å²) >= 11 is 0. The lowest BCUT2D eigenvalue weighted by molar-refractivity contribution is -0.118. The van der Waals surface area contributed by atoms with Crippen LogP contribution in [0.2, 0.25) is 0 Å². The molecule has 0 radical (unpaired) electrons. The molecular weight excluding hydrogens is 332 g/mol. The average Bonchev–Trinajstić information content (AvgIpc) is 2.60. The summed E-state index contributed by atoms with van der Waals surface area (Å²) in [5.74, 6) is -0.0139. The Morgan fingerprint density at radius 1 is 1.00 bits per heavy atom. The molecule has 1 amide bonds. The van der Waals surface area contributed by atoms with E-state index in [-0.39, 0.29) is 17.4 Å². The van der Waals surface area contributed by atoms with E-state index in [0.29, 0.717) is 19.5 Å². The average molecular weight is 367 g/mol. The highest BCUT2D eigenvalue weighted by atomic mass is 16.2. The summed E-state index contributed by atoms with van der Waals surface area (Å²) < 4.78 is 1.37. The van der Waals surface area contributed by atoms with E-state index in [4.69, 9.17) is 5.73 Å². The quantitative estimate of drug-likeness (QED) is 0.555. The Morgan fingerprint density at radius 2 is 1.62 bits per heavy atom. The molecule has 0 unspecified atom stereocenters. The topological polar surface area (TPSA) is 101 Å². The van der Waals surface area contributed by atoms with Crippen LogP contribution in [0.3, 0.4) is 0 Å². The summed E-state index contributed by atoms with van der Waals surface area (Å²) in [4.78, 5) is 41.1. The predicted molar refractivity (Wildman–Crippen MR) is 107 cm³/mol. The van der Waals surface area contributed by atoms with Crippen molar-refractivity contribution >= 4 is 17.4 Å². The fraction of sp³-hybridized carbons (Fsp3) is 0.737.